The van der Waals surface area contributed by atoms with E-state index >= 15 is 0 Å². The molecule has 0 amide bonds. The van der Waals surface area contributed by atoms with Crippen LogP contribution in [-0.4, -0.2) is 37.9 Å². The SMILES string of the molecule is CC/C=C\C/C=C\C/C=C\C/C=C\CCCCCCCCC(=O)OCC(COCCCCCCCCCCCCCCCCCCCCCC)OC(=O)CCCCCCCCCCC/C=C\CCCCCCCC. The number of esters is 2. The second-order valence-corrected chi connectivity index (χ2v) is 22.0. The maximum atomic E-state index is 12.9. The highest BCUT2D eigenvalue weighted by Crippen LogP contribution is 2.17. The average Bonchev–Trinajstić information content (AvgIpc) is 3.40. The Labute approximate surface area is 462 Å². The quantitative estimate of drug-likeness (QED) is 0.0345. The number of allylic oxidation sites excluding steroid dienone is 10. The maximum Gasteiger partial charge on any atom is 0.306 e. The fourth-order valence-electron chi connectivity index (χ4n) is 9.68. The van der Waals surface area contributed by atoms with Gasteiger partial charge in [0.2, 0.25) is 0 Å². The molecule has 74 heavy (non-hydrogen) atoms. The zero-order valence-electron chi connectivity index (χ0n) is 49.9. The molecule has 0 saturated carbocycles. The lowest BCUT2D eigenvalue weighted by atomic mass is 10.0. The predicted octanol–water partition coefficient (Wildman–Crippen LogP) is 22.8. The van der Waals surface area contributed by atoms with Crippen LogP contribution in [0.1, 0.15) is 342 Å². The molecular formula is C69H126O5. The zero-order valence-corrected chi connectivity index (χ0v) is 49.9. The molecule has 432 valence electrons. The monoisotopic (exact) mass is 1030 g/mol. The van der Waals surface area contributed by atoms with Gasteiger partial charge in [-0.1, -0.05) is 306 Å². The summed E-state index contributed by atoms with van der Waals surface area (Å²) in [7, 11) is 0. The van der Waals surface area contributed by atoms with E-state index in [9.17, 15) is 9.59 Å². The fraction of sp³-hybridized carbons (Fsp3) is 0.826. The van der Waals surface area contributed by atoms with Crippen LogP contribution in [0, 0.1) is 0 Å². The summed E-state index contributed by atoms with van der Waals surface area (Å²) < 4.78 is 17.6. The first-order valence-electron chi connectivity index (χ1n) is 32.8. The molecule has 0 aliphatic rings. The molecule has 0 bridgehead atoms. The third-order valence-electron chi connectivity index (χ3n) is 14.5. The van der Waals surface area contributed by atoms with Gasteiger partial charge in [0.25, 0.3) is 0 Å². The van der Waals surface area contributed by atoms with Gasteiger partial charge in [0, 0.05) is 19.4 Å². The molecule has 0 saturated heterocycles. The Hall–Kier alpha value is -2.40. The van der Waals surface area contributed by atoms with Crippen molar-refractivity contribution in [2.75, 3.05) is 19.8 Å². The second-order valence-electron chi connectivity index (χ2n) is 22.0. The molecule has 0 N–H and O–H groups in total. The van der Waals surface area contributed by atoms with E-state index in [1.165, 1.54) is 238 Å². The fourth-order valence-corrected chi connectivity index (χ4v) is 9.68. The van der Waals surface area contributed by atoms with Crippen LogP contribution in [0.2, 0.25) is 0 Å². The van der Waals surface area contributed by atoms with Crippen molar-refractivity contribution < 1.29 is 23.8 Å². The molecule has 5 nitrogen and oxygen atoms in total. The van der Waals surface area contributed by atoms with Gasteiger partial charge in [0.15, 0.2) is 6.10 Å². The van der Waals surface area contributed by atoms with Crippen molar-refractivity contribution in [3.8, 4) is 0 Å². The van der Waals surface area contributed by atoms with E-state index in [1.807, 2.05) is 0 Å². The molecule has 5 heteroatoms. The average molecular weight is 1040 g/mol. The third-order valence-corrected chi connectivity index (χ3v) is 14.5. The summed E-state index contributed by atoms with van der Waals surface area (Å²) in [5, 5.41) is 0. The summed E-state index contributed by atoms with van der Waals surface area (Å²) >= 11 is 0. The van der Waals surface area contributed by atoms with E-state index in [-0.39, 0.29) is 25.2 Å². The lowest BCUT2D eigenvalue weighted by molar-refractivity contribution is -0.163. The second kappa shape index (κ2) is 64.9. The Morgan fingerprint density at radius 3 is 0.986 bits per heavy atom. The van der Waals surface area contributed by atoms with Crippen molar-refractivity contribution in [3.05, 3.63) is 60.8 Å². The van der Waals surface area contributed by atoms with Gasteiger partial charge in [0.1, 0.15) is 6.61 Å². The van der Waals surface area contributed by atoms with Gasteiger partial charge < -0.3 is 14.2 Å². The lowest BCUT2D eigenvalue weighted by Crippen LogP contribution is -2.30. The molecule has 0 spiro atoms. The van der Waals surface area contributed by atoms with Gasteiger partial charge in [-0.25, -0.2) is 0 Å². The van der Waals surface area contributed by atoms with Crippen LogP contribution in [0.15, 0.2) is 60.8 Å². The smallest absolute Gasteiger partial charge is 0.306 e. The number of rotatable bonds is 61. The van der Waals surface area contributed by atoms with Crippen molar-refractivity contribution in [1.29, 1.82) is 0 Å². The first-order chi connectivity index (χ1) is 36.6. The molecule has 0 aliphatic heterocycles. The summed E-state index contributed by atoms with van der Waals surface area (Å²) in [6, 6.07) is 0. The van der Waals surface area contributed by atoms with Crippen molar-refractivity contribution >= 4 is 11.9 Å². The summed E-state index contributed by atoms with van der Waals surface area (Å²) in [5.41, 5.74) is 0. The first-order valence-corrected chi connectivity index (χ1v) is 32.8. The molecule has 0 fully saturated rings. The van der Waals surface area contributed by atoms with E-state index in [2.05, 4.69) is 81.5 Å². The molecule has 1 atom stereocenters. The van der Waals surface area contributed by atoms with E-state index in [0.29, 0.717) is 19.4 Å². The number of carbonyl (C=O) groups excluding carboxylic acids is 2. The zero-order chi connectivity index (χ0) is 53.4. The number of hydrogen-bond donors (Lipinski definition) is 0. The van der Waals surface area contributed by atoms with Gasteiger partial charge in [0.05, 0.1) is 6.61 Å². The Kier molecular flexibility index (Phi) is 62.8. The standard InChI is InChI=1S/C69H126O5/c1-4-7-10-13-16-19-22-25-28-31-34-37-40-43-46-49-52-55-58-61-64-72-65-67(74-69(71)63-60-57-54-51-48-45-42-39-36-33-30-27-24-21-18-15-12-9-6-3)66-73-68(70)62-59-56-53-50-47-44-41-38-35-32-29-26-23-20-17-14-11-8-5-2/h8,11,17,20,26-27,29-30,35,38,67H,4-7,9-10,12-16,18-19,21-25,28,31-34,36-37,39-66H2,1-3H3/b11-8-,20-17-,29-26-,30-27-,38-35-. The summed E-state index contributed by atoms with van der Waals surface area (Å²) in [5.74, 6) is -0.397. The highest BCUT2D eigenvalue weighted by molar-refractivity contribution is 5.70. The van der Waals surface area contributed by atoms with Gasteiger partial charge >= 0.3 is 11.9 Å². The number of carbonyl (C=O) groups is 2. The summed E-state index contributed by atoms with van der Waals surface area (Å²) in [6.07, 6.45) is 84.1. The minimum Gasteiger partial charge on any atom is -0.462 e. The molecule has 0 aromatic carbocycles. The maximum absolute atomic E-state index is 12.9. The van der Waals surface area contributed by atoms with Gasteiger partial charge in [-0.2, -0.15) is 0 Å². The van der Waals surface area contributed by atoms with Crippen LogP contribution in [0.3, 0.4) is 0 Å². The Bertz CT molecular complexity index is 1260. The van der Waals surface area contributed by atoms with Crippen molar-refractivity contribution in [3.63, 3.8) is 0 Å². The summed E-state index contributed by atoms with van der Waals surface area (Å²) in [6.45, 7) is 7.76. The van der Waals surface area contributed by atoms with Crippen molar-refractivity contribution in [2.45, 2.75) is 348 Å². The van der Waals surface area contributed by atoms with Crippen LogP contribution in [-0.2, 0) is 23.8 Å². The minimum absolute atomic E-state index is 0.0800. The molecule has 1 unspecified atom stereocenters. The topological polar surface area (TPSA) is 61.8 Å². The highest BCUT2D eigenvalue weighted by Gasteiger charge is 2.18. The molecule has 0 heterocycles. The van der Waals surface area contributed by atoms with Crippen LogP contribution >= 0.6 is 0 Å². The van der Waals surface area contributed by atoms with Crippen LogP contribution in [0.25, 0.3) is 0 Å². The Morgan fingerprint density at radius 2 is 0.608 bits per heavy atom. The first kappa shape index (κ1) is 71.6. The van der Waals surface area contributed by atoms with E-state index in [4.69, 9.17) is 14.2 Å². The Balaban J connectivity index is 4.27. The molecule has 0 aromatic heterocycles. The van der Waals surface area contributed by atoms with Crippen molar-refractivity contribution in [2.24, 2.45) is 0 Å². The molecular weight excluding hydrogens is 909 g/mol. The van der Waals surface area contributed by atoms with Gasteiger partial charge in [-0.05, 0) is 83.5 Å². The number of unbranched alkanes of at least 4 members (excludes halogenated alkanes) is 40. The lowest BCUT2D eigenvalue weighted by Gasteiger charge is -2.18. The normalized spacial score (nSPS) is 12.5. The molecule has 0 radical (unpaired) electrons. The number of hydrogen-bond acceptors (Lipinski definition) is 5. The van der Waals surface area contributed by atoms with Crippen LogP contribution in [0.5, 0.6) is 0 Å². The van der Waals surface area contributed by atoms with E-state index < -0.39 is 6.10 Å². The molecule has 0 aromatic rings. The minimum atomic E-state index is -0.544. The van der Waals surface area contributed by atoms with Gasteiger partial charge in [-0.15, -0.1) is 0 Å². The highest BCUT2D eigenvalue weighted by atomic mass is 16.6. The third kappa shape index (κ3) is 62.1. The molecule has 0 aliphatic carbocycles. The Morgan fingerprint density at radius 1 is 0.311 bits per heavy atom. The van der Waals surface area contributed by atoms with Crippen LogP contribution in [0.4, 0.5) is 0 Å². The van der Waals surface area contributed by atoms with E-state index in [0.717, 1.165) is 70.6 Å². The largest absolute Gasteiger partial charge is 0.462 e. The van der Waals surface area contributed by atoms with Crippen molar-refractivity contribution in [1.82, 2.24) is 0 Å². The molecule has 0 rings (SSSR count). The predicted molar refractivity (Wildman–Crippen MR) is 325 cm³/mol. The number of ether oxygens (including phenoxy) is 3. The summed E-state index contributed by atoms with van der Waals surface area (Å²) in [4.78, 5) is 25.7. The van der Waals surface area contributed by atoms with Gasteiger partial charge in [-0.3, -0.25) is 9.59 Å². The van der Waals surface area contributed by atoms with Crippen LogP contribution < -0.4 is 0 Å². The van der Waals surface area contributed by atoms with E-state index in [1.54, 1.807) is 0 Å².